The van der Waals surface area contributed by atoms with E-state index in [1.54, 1.807) is 0 Å². The number of hydrogen-bond donors (Lipinski definition) is 1. The Bertz CT molecular complexity index is 602. The van der Waals surface area contributed by atoms with Gasteiger partial charge in [-0.1, -0.05) is 0 Å². The first kappa shape index (κ1) is 15.3. The van der Waals surface area contributed by atoms with Gasteiger partial charge in [-0.05, 0) is 24.8 Å². The molecule has 0 radical (unpaired) electrons. The van der Waals surface area contributed by atoms with E-state index < -0.39 is 47.3 Å². The van der Waals surface area contributed by atoms with E-state index in [0.29, 0.717) is 0 Å². The Labute approximate surface area is 117 Å². The first-order valence-electron chi connectivity index (χ1n) is 6.15. The third-order valence-corrected chi connectivity index (χ3v) is 3.12. The summed E-state index contributed by atoms with van der Waals surface area (Å²) in [5.74, 6) is -10.1. The van der Waals surface area contributed by atoms with E-state index in [4.69, 9.17) is 5.11 Å². The number of benzene rings is 1. The molecule has 1 N–H and O–H groups in total. The zero-order valence-corrected chi connectivity index (χ0v) is 10.7. The summed E-state index contributed by atoms with van der Waals surface area (Å²) in [7, 11) is 0. The van der Waals surface area contributed by atoms with Gasteiger partial charge in [0.1, 0.15) is 6.54 Å². The lowest BCUT2D eigenvalue weighted by Crippen LogP contribution is -2.38. The van der Waals surface area contributed by atoms with E-state index in [2.05, 4.69) is 0 Å². The number of carboxylic acids is 1. The van der Waals surface area contributed by atoms with E-state index in [1.807, 2.05) is 0 Å². The molecule has 4 nitrogen and oxygen atoms in total. The van der Waals surface area contributed by atoms with E-state index in [9.17, 15) is 27.2 Å². The van der Waals surface area contributed by atoms with Gasteiger partial charge >= 0.3 is 5.97 Å². The summed E-state index contributed by atoms with van der Waals surface area (Å²) in [6.45, 7) is -0.680. The number of carboxylic acid groups (broad SMARTS) is 1. The molecule has 1 saturated carbocycles. The summed E-state index contributed by atoms with van der Waals surface area (Å²) < 4.78 is 52.7. The average Bonchev–Trinajstić information content (AvgIpc) is 3.22. The molecule has 0 heterocycles. The zero-order chi connectivity index (χ0) is 15.7. The highest BCUT2D eigenvalue weighted by atomic mass is 19.2. The molecule has 1 fully saturated rings. The maximum atomic E-state index is 13.6. The summed E-state index contributed by atoms with van der Waals surface area (Å²) in [4.78, 5) is 23.6. The number of rotatable bonds is 5. The van der Waals surface area contributed by atoms with Gasteiger partial charge in [0.25, 0.3) is 5.91 Å². The molecule has 0 spiro atoms. The van der Waals surface area contributed by atoms with Gasteiger partial charge in [-0.3, -0.25) is 9.59 Å². The quantitative estimate of drug-likeness (QED) is 0.515. The third kappa shape index (κ3) is 3.32. The van der Waals surface area contributed by atoms with Crippen molar-refractivity contribution >= 4 is 11.9 Å². The Morgan fingerprint density at radius 2 is 1.76 bits per heavy atom. The highest BCUT2D eigenvalue weighted by Crippen LogP contribution is 2.30. The second-order valence-electron chi connectivity index (χ2n) is 4.87. The maximum Gasteiger partial charge on any atom is 0.323 e. The maximum absolute atomic E-state index is 13.6. The number of amides is 1. The summed E-state index contributed by atoms with van der Waals surface area (Å²) in [6, 6.07) is 0.234. The smallest absolute Gasteiger partial charge is 0.323 e. The second kappa shape index (κ2) is 5.71. The van der Waals surface area contributed by atoms with Crippen molar-refractivity contribution in [3.8, 4) is 0 Å². The van der Waals surface area contributed by atoms with E-state index in [1.165, 1.54) is 0 Å². The fraction of sp³-hybridized carbons (Fsp3) is 0.385. The van der Waals surface area contributed by atoms with Crippen LogP contribution in [0.5, 0.6) is 0 Å². The number of nitrogens with zero attached hydrogens (tertiary/aromatic N) is 1. The highest BCUT2D eigenvalue weighted by Gasteiger charge is 2.31. The van der Waals surface area contributed by atoms with Crippen molar-refractivity contribution in [3.05, 3.63) is 34.9 Å². The Kier molecular flexibility index (Phi) is 4.15. The molecule has 21 heavy (non-hydrogen) atoms. The predicted octanol–water partition coefficient (Wildman–Crippen LogP) is 2.18. The third-order valence-electron chi connectivity index (χ3n) is 3.12. The molecular formula is C13H11F4NO3. The van der Waals surface area contributed by atoms with Gasteiger partial charge in [0.2, 0.25) is 0 Å². The first-order chi connectivity index (χ1) is 9.81. The minimum Gasteiger partial charge on any atom is -0.480 e. The van der Waals surface area contributed by atoms with Crippen LogP contribution in [0.25, 0.3) is 0 Å². The number of aliphatic carboxylic acids is 1. The number of hydrogen-bond acceptors (Lipinski definition) is 2. The normalized spacial score (nSPS) is 14.1. The predicted molar refractivity (Wildman–Crippen MR) is 62.5 cm³/mol. The van der Waals surface area contributed by atoms with Gasteiger partial charge in [0.15, 0.2) is 23.3 Å². The summed E-state index contributed by atoms with van der Waals surface area (Å²) in [5, 5.41) is 8.74. The largest absolute Gasteiger partial charge is 0.480 e. The van der Waals surface area contributed by atoms with E-state index >= 15 is 0 Å². The monoisotopic (exact) mass is 305 g/mol. The lowest BCUT2D eigenvalue weighted by Gasteiger charge is -2.21. The molecule has 1 aromatic rings. The van der Waals surface area contributed by atoms with Crippen molar-refractivity contribution in [1.29, 1.82) is 0 Å². The Morgan fingerprint density at radius 3 is 2.29 bits per heavy atom. The Hall–Kier alpha value is -2.12. The number of carbonyl (C=O) groups is 2. The summed E-state index contributed by atoms with van der Waals surface area (Å²) in [6.07, 6.45) is 1.58. The minimum atomic E-state index is -2.10. The van der Waals surface area contributed by atoms with Gasteiger partial charge in [-0.25, -0.2) is 17.6 Å². The summed E-state index contributed by atoms with van der Waals surface area (Å²) in [5.41, 5.74) is -1.02. The van der Waals surface area contributed by atoms with Crippen LogP contribution in [0.4, 0.5) is 17.6 Å². The molecule has 0 bridgehead atoms. The summed E-state index contributed by atoms with van der Waals surface area (Å²) >= 11 is 0. The molecule has 8 heteroatoms. The van der Waals surface area contributed by atoms with Gasteiger partial charge in [0.05, 0.1) is 5.56 Å². The van der Waals surface area contributed by atoms with Crippen LogP contribution in [-0.2, 0) is 4.79 Å². The Morgan fingerprint density at radius 1 is 1.14 bits per heavy atom. The van der Waals surface area contributed by atoms with Crippen LogP contribution in [-0.4, -0.2) is 35.0 Å². The molecule has 0 aliphatic heterocycles. The molecule has 1 aromatic carbocycles. The van der Waals surface area contributed by atoms with Crippen LogP contribution in [0.3, 0.4) is 0 Å². The molecule has 0 unspecified atom stereocenters. The molecule has 0 saturated heterocycles. The standard InChI is InChI=1S/C13H11F4NO3/c14-8-3-7(10(15)12(17)11(8)16)13(21)18(5-9(19)20)4-6-1-2-6/h3,6H,1-2,4-5H2,(H,19,20). The van der Waals surface area contributed by atoms with Crippen molar-refractivity contribution in [1.82, 2.24) is 4.90 Å². The molecule has 114 valence electrons. The van der Waals surface area contributed by atoms with Crippen LogP contribution >= 0.6 is 0 Å². The second-order valence-corrected chi connectivity index (χ2v) is 4.87. The van der Waals surface area contributed by atoms with E-state index in [0.717, 1.165) is 17.7 Å². The van der Waals surface area contributed by atoms with Gasteiger partial charge < -0.3 is 10.0 Å². The van der Waals surface area contributed by atoms with E-state index in [-0.39, 0.29) is 18.5 Å². The molecule has 1 amide bonds. The average molecular weight is 305 g/mol. The molecular weight excluding hydrogens is 294 g/mol. The van der Waals surface area contributed by atoms with Crippen molar-refractivity contribution in [2.45, 2.75) is 12.8 Å². The van der Waals surface area contributed by atoms with Gasteiger partial charge in [-0.2, -0.15) is 0 Å². The Balaban J connectivity index is 2.33. The first-order valence-corrected chi connectivity index (χ1v) is 6.15. The van der Waals surface area contributed by atoms with Crippen LogP contribution < -0.4 is 0 Å². The lowest BCUT2D eigenvalue weighted by atomic mass is 10.1. The number of halogens is 4. The van der Waals surface area contributed by atoms with Crippen molar-refractivity contribution in [2.75, 3.05) is 13.1 Å². The molecule has 1 aliphatic rings. The topological polar surface area (TPSA) is 57.6 Å². The van der Waals surface area contributed by atoms with Crippen LogP contribution in [0.2, 0.25) is 0 Å². The molecule has 1 aliphatic carbocycles. The van der Waals surface area contributed by atoms with Crippen LogP contribution in [0.15, 0.2) is 6.07 Å². The molecule has 2 rings (SSSR count). The van der Waals surface area contributed by atoms with Gasteiger partial charge in [-0.15, -0.1) is 0 Å². The van der Waals surface area contributed by atoms with Crippen molar-refractivity contribution in [2.24, 2.45) is 5.92 Å². The SMILES string of the molecule is O=C(O)CN(CC1CC1)C(=O)c1cc(F)c(F)c(F)c1F. The minimum absolute atomic E-state index is 0.0468. The van der Waals surface area contributed by atoms with Crippen LogP contribution in [0, 0.1) is 29.2 Å². The fourth-order valence-corrected chi connectivity index (χ4v) is 1.89. The van der Waals surface area contributed by atoms with Crippen molar-refractivity contribution in [3.63, 3.8) is 0 Å². The fourth-order valence-electron chi connectivity index (χ4n) is 1.89. The molecule has 0 atom stereocenters. The van der Waals surface area contributed by atoms with Crippen LogP contribution in [0.1, 0.15) is 23.2 Å². The van der Waals surface area contributed by atoms with Crippen molar-refractivity contribution < 1.29 is 32.3 Å². The number of carbonyl (C=O) groups excluding carboxylic acids is 1. The molecule has 0 aromatic heterocycles. The lowest BCUT2D eigenvalue weighted by molar-refractivity contribution is -0.137. The zero-order valence-electron chi connectivity index (χ0n) is 10.7. The van der Waals surface area contributed by atoms with Gasteiger partial charge in [0, 0.05) is 6.54 Å². The highest BCUT2D eigenvalue weighted by molar-refractivity contribution is 5.96.